The third-order valence-electron chi connectivity index (χ3n) is 4.64. The molecule has 0 fully saturated rings. The van der Waals surface area contributed by atoms with Crippen molar-refractivity contribution in [1.29, 1.82) is 0 Å². The van der Waals surface area contributed by atoms with Crippen molar-refractivity contribution in [3.8, 4) is 0 Å². The number of carbonyl (C=O) groups excluding carboxylic acids is 2. The molecule has 0 aliphatic heterocycles. The molecule has 12 heteroatoms. The Hall–Kier alpha value is -3.80. The Morgan fingerprint density at radius 3 is 2.47 bits per heavy atom. The number of halogens is 2. The van der Waals surface area contributed by atoms with E-state index in [1.54, 1.807) is 10.7 Å². The first-order valence-corrected chi connectivity index (χ1v) is 11.6. The maximum atomic E-state index is 14.0. The number of nitrogens with zero attached hydrogens (tertiary/aromatic N) is 2. The van der Waals surface area contributed by atoms with Crippen LogP contribution in [0, 0.1) is 11.6 Å². The highest BCUT2D eigenvalue weighted by Crippen LogP contribution is 2.24. The maximum Gasteiger partial charge on any atom is 0.341 e. The second-order valence-electron chi connectivity index (χ2n) is 7.52. The number of nitrogens with one attached hydrogen (secondary N) is 2. The summed E-state index contributed by atoms with van der Waals surface area (Å²) in [5.41, 5.74) is -0.462. The van der Waals surface area contributed by atoms with Crippen LogP contribution in [0.15, 0.2) is 59.6 Å². The Balaban J connectivity index is 1.77. The second kappa shape index (κ2) is 10.00. The number of carbonyl (C=O) groups is 2. The molecule has 2 aromatic carbocycles. The number of aromatic nitrogens is 2. The van der Waals surface area contributed by atoms with E-state index in [0.717, 1.165) is 6.07 Å². The zero-order valence-electron chi connectivity index (χ0n) is 18.5. The molecule has 3 aromatic rings. The van der Waals surface area contributed by atoms with Gasteiger partial charge in [0, 0.05) is 12.1 Å². The number of ether oxygens (including phenoxy) is 1. The normalized spacial score (nSPS) is 12.3. The van der Waals surface area contributed by atoms with Gasteiger partial charge in [-0.15, -0.1) is 0 Å². The van der Waals surface area contributed by atoms with Gasteiger partial charge in [0.15, 0.2) is 6.10 Å². The van der Waals surface area contributed by atoms with E-state index in [2.05, 4.69) is 15.1 Å². The molecule has 2 N–H and O–H groups in total. The van der Waals surface area contributed by atoms with Gasteiger partial charge in [-0.3, -0.25) is 9.52 Å². The third-order valence-corrected chi connectivity index (χ3v) is 6.02. The van der Waals surface area contributed by atoms with E-state index in [4.69, 9.17) is 4.74 Å². The fraction of sp³-hybridized carbons (Fsp3) is 0.227. The van der Waals surface area contributed by atoms with Crippen LogP contribution >= 0.6 is 0 Å². The predicted molar refractivity (Wildman–Crippen MR) is 120 cm³/mol. The van der Waals surface area contributed by atoms with Crippen LogP contribution in [0.4, 0.5) is 20.3 Å². The molecular weight excluding hydrogens is 470 g/mol. The van der Waals surface area contributed by atoms with Crippen LogP contribution < -0.4 is 10.0 Å². The van der Waals surface area contributed by atoms with Crippen LogP contribution in [0.1, 0.15) is 37.2 Å². The van der Waals surface area contributed by atoms with Gasteiger partial charge in [-0.05, 0) is 51.1 Å². The Morgan fingerprint density at radius 1 is 1.06 bits per heavy atom. The predicted octanol–water partition coefficient (Wildman–Crippen LogP) is 3.73. The van der Waals surface area contributed by atoms with Gasteiger partial charge < -0.3 is 10.1 Å². The maximum absolute atomic E-state index is 14.0. The van der Waals surface area contributed by atoms with Crippen molar-refractivity contribution >= 4 is 33.4 Å². The molecule has 180 valence electrons. The van der Waals surface area contributed by atoms with Crippen LogP contribution in [0.3, 0.4) is 0 Å². The van der Waals surface area contributed by atoms with Gasteiger partial charge in [-0.25, -0.2) is 26.7 Å². The molecule has 1 heterocycles. The summed E-state index contributed by atoms with van der Waals surface area (Å²) in [4.78, 5) is 24.3. The standard InChI is InChI=1S/C22H22F2N4O5S/c1-13(2)28-20(10-11-25-28)26-21(29)14(3)33-22(30)16-6-4-5-7-18(16)27-34(31,32)19-12-15(23)8-9-17(19)24/h4-14,27H,1-3H3,(H,26,29). The van der Waals surface area contributed by atoms with Crippen molar-refractivity contribution in [2.75, 3.05) is 10.0 Å². The summed E-state index contributed by atoms with van der Waals surface area (Å²) in [6.45, 7) is 5.10. The number of rotatable bonds is 8. The van der Waals surface area contributed by atoms with Gasteiger partial charge in [0.2, 0.25) is 0 Å². The molecule has 1 amide bonds. The summed E-state index contributed by atoms with van der Waals surface area (Å²) in [5, 5.41) is 6.71. The lowest BCUT2D eigenvalue weighted by Crippen LogP contribution is -2.31. The lowest BCUT2D eigenvalue weighted by molar-refractivity contribution is -0.123. The van der Waals surface area contributed by atoms with Crippen molar-refractivity contribution in [2.45, 2.75) is 37.8 Å². The first-order valence-electron chi connectivity index (χ1n) is 10.1. The highest BCUT2D eigenvalue weighted by atomic mass is 32.2. The molecule has 3 rings (SSSR count). The van der Waals surface area contributed by atoms with Crippen molar-refractivity contribution in [1.82, 2.24) is 9.78 Å². The van der Waals surface area contributed by atoms with Crippen molar-refractivity contribution in [2.24, 2.45) is 0 Å². The molecule has 0 aliphatic rings. The number of hydrogen-bond donors (Lipinski definition) is 2. The quantitative estimate of drug-likeness (QED) is 0.463. The molecule has 0 saturated heterocycles. The molecule has 1 atom stereocenters. The highest BCUT2D eigenvalue weighted by molar-refractivity contribution is 7.92. The summed E-state index contributed by atoms with van der Waals surface area (Å²) >= 11 is 0. The number of hydrogen-bond acceptors (Lipinski definition) is 6. The zero-order valence-corrected chi connectivity index (χ0v) is 19.3. The van der Waals surface area contributed by atoms with E-state index >= 15 is 0 Å². The van der Waals surface area contributed by atoms with E-state index in [1.807, 2.05) is 13.8 Å². The van der Waals surface area contributed by atoms with Gasteiger partial charge in [-0.1, -0.05) is 12.1 Å². The van der Waals surface area contributed by atoms with Crippen molar-refractivity contribution < 1.29 is 31.5 Å². The first-order chi connectivity index (χ1) is 16.0. The minimum atomic E-state index is -4.58. The van der Waals surface area contributed by atoms with E-state index in [9.17, 15) is 26.8 Å². The lowest BCUT2D eigenvalue weighted by atomic mass is 10.2. The molecule has 0 saturated carbocycles. The monoisotopic (exact) mass is 492 g/mol. The fourth-order valence-electron chi connectivity index (χ4n) is 2.96. The lowest BCUT2D eigenvalue weighted by Gasteiger charge is -2.17. The van der Waals surface area contributed by atoms with E-state index < -0.39 is 44.5 Å². The van der Waals surface area contributed by atoms with E-state index in [-0.39, 0.29) is 17.3 Å². The summed E-state index contributed by atoms with van der Waals surface area (Å²) in [6, 6.07) is 8.93. The van der Waals surface area contributed by atoms with Crippen molar-refractivity contribution in [3.05, 3.63) is 71.9 Å². The van der Waals surface area contributed by atoms with Crippen molar-refractivity contribution in [3.63, 3.8) is 0 Å². The van der Waals surface area contributed by atoms with Gasteiger partial charge in [-0.2, -0.15) is 5.10 Å². The van der Waals surface area contributed by atoms with Crippen LogP contribution in [0.25, 0.3) is 0 Å². The van der Waals surface area contributed by atoms with Crippen LogP contribution in [0.2, 0.25) is 0 Å². The SMILES string of the molecule is CC(OC(=O)c1ccccc1NS(=O)(=O)c1cc(F)ccc1F)C(=O)Nc1ccnn1C(C)C. The van der Waals surface area contributed by atoms with Crippen LogP contribution in [-0.2, 0) is 19.6 Å². The first kappa shape index (κ1) is 24.8. The molecule has 0 radical (unpaired) electrons. The average molecular weight is 493 g/mol. The number of anilines is 2. The van der Waals surface area contributed by atoms with Crippen LogP contribution in [-0.4, -0.2) is 36.2 Å². The highest BCUT2D eigenvalue weighted by Gasteiger charge is 2.25. The zero-order chi connectivity index (χ0) is 25.0. The van der Waals surface area contributed by atoms with Gasteiger partial charge in [0.1, 0.15) is 22.3 Å². The topological polar surface area (TPSA) is 119 Å². The number of sulfonamides is 1. The molecule has 1 aromatic heterocycles. The van der Waals surface area contributed by atoms with E-state index in [0.29, 0.717) is 18.0 Å². The fourth-order valence-corrected chi connectivity index (χ4v) is 4.13. The Morgan fingerprint density at radius 2 is 1.76 bits per heavy atom. The summed E-state index contributed by atoms with van der Waals surface area (Å²) < 4.78 is 61.5. The van der Waals surface area contributed by atoms with Crippen LogP contribution in [0.5, 0.6) is 0 Å². The molecule has 0 spiro atoms. The summed E-state index contributed by atoms with van der Waals surface area (Å²) in [5.74, 6) is -3.34. The number of esters is 1. The number of para-hydroxylation sites is 1. The average Bonchev–Trinajstić information content (AvgIpc) is 3.23. The Kier molecular flexibility index (Phi) is 7.30. The molecule has 34 heavy (non-hydrogen) atoms. The number of benzene rings is 2. The minimum absolute atomic E-state index is 0.0222. The molecule has 0 aliphatic carbocycles. The Bertz CT molecular complexity index is 1320. The van der Waals surface area contributed by atoms with Gasteiger partial charge in [0.25, 0.3) is 15.9 Å². The number of amides is 1. The molecule has 0 bridgehead atoms. The smallest absolute Gasteiger partial charge is 0.341 e. The summed E-state index contributed by atoms with van der Waals surface area (Å²) in [6.07, 6.45) is 0.268. The van der Waals surface area contributed by atoms with Gasteiger partial charge >= 0.3 is 5.97 Å². The molecule has 9 nitrogen and oxygen atoms in total. The van der Waals surface area contributed by atoms with E-state index in [1.165, 1.54) is 37.4 Å². The largest absolute Gasteiger partial charge is 0.449 e. The second-order valence-corrected chi connectivity index (χ2v) is 9.17. The Labute approximate surface area is 194 Å². The molecular formula is C22H22F2N4O5S. The third kappa shape index (κ3) is 5.57. The summed E-state index contributed by atoms with van der Waals surface area (Å²) in [7, 11) is -4.58. The van der Waals surface area contributed by atoms with Gasteiger partial charge in [0.05, 0.1) is 17.4 Å². The molecule has 1 unspecified atom stereocenters. The minimum Gasteiger partial charge on any atom is -0.449 e.